The lowest BCUT2D eigenvalue weighted by Crippen LogP contribution is -2.50. The van der Waals surface area contributed by atoms with Crippen LogP contribution in [0.2, 0.25) is 0 Å². The van der Waals surface area contributed by atoms with Crippen LogP contribution in [0.3, 0.4) is 0 Å². The molecule has 152 valence electrons. The Morgan fingerprint density at radius 3 is 2.83 bits per heavy atom. The molecular formula is C21H26N6O2. The van der Waals surface area contributed by atoms with Gasteiger partial charge < -0.3 is 14.6 Å². The number of imidazole rings is 1. The average molecular weight is 394 g/mol. The summed E-state index contributed by atoms with van der Waals surface area (Å²) >= 11 is 0. The largest absolute Gasteiger partial charge is 0.336 e. The highest BCUT2D eigenvalue weighted by molar-refractivity contribution is 5.96. The Kier molecular flexibility index (Phi) is 4.86. The molecule has 0 spiro atoms. The van der Waals surface area contributed by atoms with Gasteiger partial charge in [-0.25, -0.2) is 4.98 Å². The highest BCUT2D eigenvalue weighted by Gasteiger charge is 2.40. The molecule has 1 saturated heterocycles. The molecule has 1 aliphatic heterocycles. The molecule has 8 nitrogen and oxygen atoms in total. The lowest BCUT2D eigenvalue weighted by molar-refractivity contribution is -0.127. The van der Waals surface area contributed by atoms with E-state index in [9.17, 15) is 9.59 Å². The number of aromatic nitrogens is 4. The van der Waals surface area contributed by atoms with Crippen molar-refractivity contribution in [3.8, 4) is 0 Å². The number of hydrogen-bond acceptors (Lipinski definition) is 4. The minimum absolute atomic E-state index is 0.109. The zero-order valence-electron chi connectivity index (χ0n) is 17.1. The number of nitrogens with one attached hydrogen (secondary N) is 1. The van der Waals surface area contributed by atoms with Crippen LogP contribution >= 0.6 is 0 Å². The molecule has 8 heteroatoms. The number of aryl methyl sites for hydroxylation is 2. The number of carbonyl (C=O) groups is 2. The molecule has 0 unspecified atom stereocenters. The van der Waals surface area contributed by atoms with Crippen LogP contribution in [0.15, 0.2) is 36.8 Å². The minimum Gasteiger partial charge on any atom is -0.336 e. The maximum Gasteiger partial charge on any atom is 0.274 e. The second-order valence-corrected chi connectivity index (χ2v) is 8.00. The smallest absolute Gasteiger partial charge is 0.274 e. The van der Waals surface area contributed by atoms with Crippen molar-refractivity contribution in [1.29, 1.82) is 0 Å². The number of anilines is 1. The van der Waals surface area contributed by atoms with Gasteiger partial charge in [0.2, 0.25) is 5.91 Å². The highest BCUT2D eigenvalue weighted by Crippen LogP contribution is 2.31. The molecule has 4 heterocycles. The van der Waals surface area contributed by atoms with Crippen molar-refractivity contribution in [3.63, 3.8) is 0 Å². The SMILES string of the molecule is CCn1ccc(NC(=O)[C@]2(C)CCCN(C(=O)c3cn4cc(C)ccc4n3)C2)n1. The molecule has 0 aromatic carbocycles. The van der Waals surface area contributed by atoms with E-state index in [1.807, 2.05) is 49.7 Å². The van der Waals surface area contributed by atoms with Crippen LogP contribution in [0, 0.1) is 12.3 Å². The van der Waals surface area contributed by atoms with Crippen molar-refractivity contribution in [2.24, 2.45) is 5.41 Å². The molecule has 29 heavy (non-hydrogen) atoms. The van der Waals surface area contributed by atoms with Crippen LogP contribution in [0.4, 0.5) is 5.82 Å². The van der Waals surface area contributed by atoms with E-state index >= 15 is 0 Å². The third kappa shape index (κ3) is 3.74. The molecule has 1 atom stereocenters. The number of carbonyl (C=O) groups excluding carboxylic acids is 2. The van der Waals surface area contributed by atoms with Crippen LogP contribution in [0.25, 0.3) is 5.65 Å². The number of nitrogens with zero attached hydrogens (tertiary/aromatic N) is 5. The predicted molar refractivity (Wildman–Crippen MR) is 110 cm³/mol. The summed E-state index contributed by atoms with van der Waals surface area (Å²) in [6.45, 7) is 7.63. The van der Waals surface area contributed by atoms with E-state index in [1.54, 1.807) is 21.8 Å². The first-order valence-electron chi connectivity index (χ1n) is 9.97. The lowest BCUT2D eigenvalue weighted by atomic mass is 9.81. The van der Waals surface area contributed by atoms with Gasteiger partial charge >= 0.3 is 0 Å². The van der Waals surface area contributed by atoms with Gasteiger partial charge in [0, 0.05) is 44.3 Å². The average Bonchev–Trinajstić information content (AvgIpc) is 3.33. The van der Waals surface area contributed by atoms with Gasteiger partial charge in [-0.1, -0.05) is 6.07 Å². The van der Waals surface area contributed by atoms with Gasteiger partial charge in [0.15, 0.2) is 5.82 Å². The van der Waals surface area contributed by atoms with Crippen molar-refractivity contribution in [2.45, 2.75) is 40.2 Å². The third-order valence-electron chi connectivity index (χ3n) is 5.56. The van der Waals surface area contributed by atoms with E-state index in [4.69, 9.17) is 0 Å². The fourth-order valence-electron chi connectivity index (χ4n) is 3.84. The van der Waals surface area contributed by atoms with E-state index in [-0.39, 0.29) is 11.8 Å². The van der Waals surface area contributed by atoms with Gasteiger partial charge in [0.05, 0.1) is 5.41 Å². The Morgan fingerprint density at radius 2 is 2.07 bits per heavy atom. The van der Waals surface area contributed by atoms with E-state index in [2.05, 4.69) is 15.4 Å². The first-order valence-corrected chi connectivity index (χ1v) is 9.97. The summed E-state index contributed by atoms with van der Waals surface area (Å²) in [6, 6.07) is 5.66. The summed E-state index contributed by atoms with van der Waals surface area (Å²) < 4.78 is 3.63. The molecule has 3 aromatic rings. The van der Waals surface area contributed by atoms with Gasteiger partial charge in [0.25, 0.3) is 5.91 Å². The molecule has 3 aromatic heterocycles. The fourth-order valence-corrected chi connectivity index (χ4v) is 3.84. The van der Waals surface area contributed by atoms with Crippen LogP contribution in [-0.4, -0.2) is 49.0 Å². The first kappa shape index (κ1) is 19.2. The molecule has 0 aliphatic carbocycles. The highest BCUT2D eigenvalue weighted by atomic mass is 16.2. The number of hydrogen-bond donors (Lipinski definition) is 1. The van der Waals surface area contributed by atoms with Gasteiger partial charge in [-0.05, 0) is 45.2 Å². The predicted octanol–water partition coefficient (Wildman–Crippen LogP) is 2.74. The number of piperidine rings is 1. The van der Waals surface area contributed by atoms with Crippen molar-refractivity contribution < 1.29 is 9.59 Å². The number of likely N-dealkylation sites (tertiary alicyclic amines) is 1. The summed E-state index contributed by atoms with van der Waals surface area (Å²) in [4.78, 5) is 32.2. The Bertz CT molecular complexity index is 1070. The molecule has 0 bridgehead atoms. The quantitative estimate of drug-likeness (QED) is 0.737. The van der Waals surface area contributed by atoms with Crippen molar-refractivity contribution in [2.75, 3.05) is 18.4 Å². The molecule has 1 N–H and O–H groups in total. The van der Waals surface area contributed by atoms with Gasteiger partial charge in [-0.2, -0.15) is 5.10 Å². The number of rotatable bonds is 4. The molecule has 0 radical (unpaired) electrons. The van der Waals surface area contributed by atoms with E-state index in [1.165, 1.54) is 0 Å². The van der Waals surface area contributed by atoms with Gasteiger partial charge in [0.1, 0.15) is 11.3 Å². The first-order chi connectivity index (χ1) is 13.9. The van der Waals surface area contributed by atoms with Gasteiger partial charge in [-0.15, -0.1) is 0 Å². The number of pyridine rings is 1. The molecule has 2 amide bonds. The van der Waals surface area contributed by atoms with Crippen LogP contribution in [-0.2, 0) is 11.3 Å². The Labute approximate surface area is 169 Å². The Hall–Kier alpha value is -3.16. The number of fused-ring (bicyclic) bond motifs is 1. The van der Waals surface area contributed by atoms with Crippen LogP contribution < -0.4 is 5.32 Å². The zero-order chi connectivity index (χ0) is 20.6. The minimum atomic E-state index is -0.667. The summed E-state index contributed by atoms with van der Waals surface area (Å²) in [6.07, 6.45) is 7.03. The lowest BCUT2D eigenvalue weighted by Gasteiger charge is -2.38. The van der Waals surface area contributed by atoms with E-state index in [0.29, 0.717) is 24.6 Å². The van der Waals surface area contributed by atoms with Crippen LogP contribution in [0.1, 0.15) is 42.7 Å². The zero-order valence-corrected chi connectivity index (χ0v) is 17.1. The second-order valence-electron chi connectivity index (χ2n) is 8.00. The third-order valence-corrected chi connectivity index (χ3v) is 5.56. The molecule has 4 rings (SSSR count). The molecule has 1 aliphatic rings. The number of amides is 2. The van der Waals surface area contributed by atoms with E-state index < -0.39 is 5.41 Å². The summed E-state index contributed by atoms with van der Waals surface area (Å²) in [5.41, 5.74) is 1.58. The fraction of sp³-hybridized carbons (Fsp3) is 0.429. The maximum atomic E-state index is 13.1. The van der Waals surface area contributed by atoms with Crippen molar-refractivity contribution >= 4 is 23.3 Å². The monoisotopic (exact) mass is 394 g/mol. The molecule has 1 fully saturated rings. The van der Waals surface area contributed by atoms with Crippen molar-refractivity contribution in [3.05, 3.63) is 48.0 Å². The maximum absolute atomic E-state index is 13.1. The van der Waals surface area contributed by atoms with Crippen LogP contribution in [0.5, 0.6) is 0 Å². The van der Waals surface area contributed by atoms with E-state index in [0.717, 1.165) is 30.6 Å². The summed E-state index contributed by atoms with van der Waals surface area (Å²) in [7, 11) is 0. The summed E-state index contributed by atoms with van der Waals surface area (Å²) in [5.74, 6) is 0.291. The molecular weight excluding hydrogens is 368 g/mol. The van der Waals surface area contributed by atoms with Crippen molar-refractivity contribution in [1.82, 2.24) is 24.1 Å². The second kappa shape index (κ2) is 7.35. The summed E-state index contributed by atoms with van der Waals surface area (Å²) in [5, 5.41) is 7.22. The Morgan fingerprint density at radius 1 is 1.24 bits per heavy atom. The Balaban J connectivity index is 1.49. The topological polar surface area (TPSA) is 84.5 Å². The van der Waals surface area contributed by atoms with Gasteiger partial charge in [-0.3, -0.25) is 14.3 Å². The molecule has 0 saturated carbocycles. The standard InChI is InChI=1S/C21H26N6O2/c1-4-27-11-8-17(24-27)23-20(29)21(3)9-5-10-25(14-21)19(28)16-13-26-12-15(2)6-7-18(26)22-16/h6-8,11-13H,4-5,9-10,14H2,1-3H3,(H,23,24,29)/t21-/m1/s1. The normalized spacial score (nSPS) is 19.5.